The molecule has 0 rings (SSSR count). The summed E-state index contributed by atoms with van der Waals surface area (Å²) in [7, 11) is -3.05. The smallest absolute Gasteiger partial charge is 0.211 e. The van der Waals surface area contributed by atoms with Crippen LogP contribution in [0.3, 0.4) is 0 Å². The number of hydrogen-bond acceptors (Lipinski definition) is 2. The highest BCUT2D eigenvalue weighted by molar-refractivity contribution is 7.89. The summed E-state index contributed by atoms with van der Waals surface area (Å²) in [6.07, 6.45) is 0.643. The number of halogens is 1. The van der Waals surface area contributed by atoms with Crippen LogP contribution in [0.2, 0.25) is 0 Å². The normalized spacial score (nSPS) is 14.6. The molecule has 0 saturated heterocycles. The van der Waals surface area contributed by atoms with Crippen LogP contribution < -0.4 is 4.72 Å². The predicted molar refractivity (Wildman–Crippen MR) is 52.0 cm³/mol. The molecule has 0 amide bonds. The highest BCUT2D eigenvalue weighted by Gasteiger charge is 2.09. The molecule has 0 aromatic rings. The van der Waals surface area contributed by atoms with Gasteiger partial charge < -0.3 is 0 Å². The maximum Gasteiger partial charge on any atom is 0.211 e. The standard InChI is InChI=1S/C7H16ClNO2S/c1-3-4-12(10,11)9-6-7(2)5-8/h7,9H,3-6H2,1-2H3. The molecule has 3 nitrogen and oxygen atoms in total. The zero-order valence-electron chi connectivity index (χ0n) is 7.51. The molecule has 0 fully saturated rings. The lowest BCUT2D eigenvalue weighted by Crippen LogP contribution is -2.30. The van der Waals surface area contributed by atoms with Crippen molar-refractivity contribution in [1.82, 2.24) is 4.72 Å². The summed E-state index contributed by atoms with van der Waals surface area (Å²) in [6, 6.07) is 0. The lowest BCUT2D eigenvalue weighted by Gasteiger charge is -2.08. The maximum atomic E-state index is 11.1. The molecule has 1 unspecified atom stereocenters. The molecular weight excluding hydrogens is 198 g/mol. The van der Waals surface area contributed by atoms with Gasteiger partial charge >= 0.3 is 0 Å². The second-order valence-corrected chi connectivity index (χ2v) is 5.16. The molecule has 0 saturated carbocycles. The molecule has 1 N–H and O–H groups in total. The molecule has 74 valence electrons. The van der Waals surface area contributed by atoms with Crippen LogP contribution in [-0.4, -0.2) is 26.6 Å². The molecule has 0 aliphatic rings. The minimum Gasteiger partial charge on any atom is -0.215 e. The zero-order chi connectivity index (χ0) is 9.61. The van der Waals surface area contributed by atoms with Crippen LogP contribution in [0.15, 0.2) is 0 Å². The number of rotatable bonds is 6. The highest BCUT2D eigenvalue weighted by Crippen LogP contribution is 1.97. The van der Waals surface area contributed by atoms with Crippen LogP contribution in [0, 0.1) is 5.92 Å². The molecule has 5 heteroatoms. The van der Waals surface area contributed by atoms with Crippen LogP contribution in [0.4, 0.5) is 0 Å². The molecular formula is C7H16ClNO2S. The van der Waals surface area contributed by atoms with Gasteiger partial charge in [-0.25, -0.2) is 13.1 Å². The Morgan fingerprint density at radius 2 is 2.08 bits per heavy atom. The molecule has 0 aliphatic heterocycles. The van der Waals surface area contributed by atoms with E-state index in [1.54, 1.807) is 0 Å². The van der Waals surface area contributed by atoms with Crippen molar-refractivity contribution in [1.29, 1.82) is 0 Å². The van der Waals surface area contributed by atoms with Gasteiger partial charge in [0, 0.05) is 12.4 Å². The minimum absolute atomic E-state index is 0.193. The van der Waals surface area contributed by atoms with Gasteiger partial charge in [0.15, 0.2) is 0 Å². The number of hydrogen-bond donors (Lipinski definition) is 1. The van der Waals surface area contributed by atoms with E-state index in [2.05, 4.69) is 4.72 Å². The van der Waals surface area contributed by atoms with Crippen LogP contribution in [0.25, 0.3) is 0 Å². The number of sulfonamides is 1. The second-order valence-electron chi connectivity index (χ2n) is 2.93. The maximum absolute atomic E-state index is 11.1. The SMILES string of the molecule is CCCS(=O)(=O)NCC(C)CCl. The fourth-order valence-electron chi connectivity index (χ4n) is 0.665. The zero-order valence-corrected chi connectivity index (χ0v) is 9.08. The van der Waals surface area contributed by atoms with Gasteiger partial charge in [0.2, 0.25) is 10.0 Å². The second kappa shape index (κ2) is 5.78. The average Bonchev–Trinajstić information content (AvgIpc) is 2.00. The summed E-state index contributed by atoms with van der Waals surface area (Å²) in [5.41, 5.74) is 0. The predicted octanol–water partition coefficient (Wildman–Crippen LogP) is 1.19. The van der Waals surface area contributed by atoms with Gasteiger partial charge in [-0.2, -0.15) is 0 Å². The summed E-state index contributed by atoms with van der Waals surface area (Å²) in [5, 5.41) is 0. The highest BCUT2D eigenvalue weighted by atomic mass is 35.5. The van der Waals surface area contributed by atoms with Crippen LogP contribution >= 0.6 is 11.6 Å². The van der Waals surface area contributed by atoms with Crippen molar-refractivity contribution in [3.8, 4) is 0 Å². The van der Waals surface area contributed by atoms with Crippen molar-refractivity contribution in [2.75, 3.05) is 18.2 Å². The monoisotopic (exact) mass is 213 g/mol. The average molecular weight is 214 g/mol. The van der Waals surface area contributed by atoms with Crippen molar-refractivity contribution in [3.05, 3.63) is 0 Å². The van der Waals surface area contributed by atoms with E-state index in [9.17, 15) is 8.42 Å². The van der Waals surface area contributed by atoms with Gasteiger partial charge in [-0.15, -0.1) is 11.6 Å². The first-order valence-corrected chi connectivity index (χ1v) is 6.23. The minimum atomic E-state index is -3.05. The third-order valence-electron chi connectivity index (χ3n) is 1.39. The Bertz CT molecular complexity index is 203. The number of alkyl halides is 1. The van der Waals surface area contributed by atoms with E-state index in [-0.39, 0.29) is 11.7 Å². The van der Waals surface area contributed by atoms with E-state index in [1.807, 2.05) is 13.8 Å². The summed E-state index contributed by atoms with van der Waals surface area (Å²) < 4.78 is 24.7. The fraction of sp³-hybridized carbons (Fsp3) is 1.00. The van der Waals surface area contributed by atoms with E-state index in [4.69, 9.17) is 11.6 Å². The molecule has 0 spiro atoms. The summed E-state index contributed by atoms with van der Waals surface area (Å²) in [4.78, 5) is 0. The van der Waals surface area contributed by atoms with Gasteiger partial charge in [0.1, 0.15) is 0 Å². The van der Waals surface area contributed by atoms with Crippen LogP contribution in [0.5, 0.6) is 0 Å². The molecule has 12 heavy (non-hydrogen) atoms. The largest absolute Gasteiger partial charge is 0.215 e. The van der Waals surface area contributed by atoms with Crippen LogP contribution in [-0.2, 0) is 10.0 Å². The molecule has 0 aromatic heterocycles. The topological polar surface area (TPSA) is 46.2 Å². The first-order valence-electron chi connectivity index (χ1n) is 4.05. The Morgan fingerprint density at radius 1 is 1.50 bits per heavy atom. The molecule has 0 aliphatic carbocycles. The third-order valence-corrected chi connectivity index (χ3v) is 3.47. The van der Waals surface area contributed by atoms with E-state index in [1.165, 1.54) is 0 Å². The lowest BCUT2D eigenvalue weighted by molar-refractivity contribution is 0.561. The fourth-order valence-corrected chi connectivity index (χ4v) is 1.99. The van der Waals surface area contributed by atoms with Gasteiger partial charge in [-0.05, 0) is 12.3 Å². The third kappa shape index (κ3) is 5.80. The van der Waals surface area contributed by atoms with E-state index >= 15 is 0 Å². The summed E-state index contributed by atoms with van der Waals surface area (Å²) in [5.74, 6) is 0.870. The first kappa shape index (κ1) is 12.2. The quantitative estimate of drug-likeness (QED) is 0.674. The Kier molecular flexibility index (Phi) is 5.88. The van der Waals surface area contributed by atoms with Crippen molar-refractivity contribution in [3.63, 3.8) is 0 Å². The van der Waals surface area contributed by atoms with Gasteiger partial charge in [-0.3, -0.25) is 0 Å². The van der Waals surface area contributed by atoms with Crippen molar-refractivity contribution in [2.24, 2.45) is 5.92 Å². The summed E-state index contributed by atoms with van der Waals surface area (Å²) >= 11 is 5.52. The van der Waals surface area contributed by atoms with E-state index in [0.717, 1.165) is 0 Å². The lowest BCUT2D eigenvalue weighted by atomic mass is 10.2. The Morgan fingerprint density at radius 3 is 2.50 bits per heavy atom. The molecule has 0 heterocycles. The molecule has 0 radical (unpaired) electrons. The Hall–Kier alpha value is 0.200. The van der Waals surface area contributed by atoms with Gasteiger partial charge in [0.05, 0.1) is 5.75 Å². The van der Waals surface area contributed by atoms with Crippen molar-refractivity contribution < 1.29 is 8.42 Å². The van der Waals surface area contributed by atoms with Gasteiger partial charge in [-0.1, -0.05) is 13.8 Å². The van der Waals surface area contributed by atoms with Crippen LogP contribution in [0.1, 0.15) is 20.3 Å². The molecule has 1 atom stereocenters. The molecule has 0 bridgehead atoms. The molecule has 0 aromatic carbocycles. The van der Waals surface area contributed by atoms with E-state index in [0.29, 0.717) is 18.8 Å². The first-order chi connectivity index (χ1) is 5.52. The summed E-state index contributed by atoms with van der Waals surface area (Å²) in [6.45, 7) is 4.18. The van der Waals surface area contributed by atoms with Crippen molar-refractivity contribution >= 4 is 21.6 Å². The van der Waals surface area contributed by atoms with E-state index < -0.39 is 10.0 Å². The van der Waals surface area contributed by atoms with Crippen molar-refractivity contribution in [2.45, 2.75) is 20.3 Å². The number of nitrogens with one attached hydrogen (secondary N) is 1. The van der Waals surface area contributed by atoms with Gasteiger partial charge in [0.25, 0.3) is 0 Å². The Labute approximate surface area is 79.5 Å². The Balaban J connectivity index is 3.76.